The maximum atomic E-state index is 10.8. The van der Waals surface area contributed by atoms with E-state index in [4.69, 9.17) is 0 Å². The van der Waals surface area contributed by atoms with Crippen LogP contribution in [0.1, 0.15) is 27.2 Å². The van der Waals surface area contributed by atoms with Crippen molar-refractivity contribution in [1.29, 1.82) is 0 Å². The van der Waals surface area contributed by atoms with Crippen LogP contribution < -0.4 is 0 Å². The molecular weight excluding hydrogens is 140 g/mol. The second kappa shape index (κ2) is 4.83. The van der Waals surface area contributed by atoms with Crippen LogP contribution in [0.2, 0.25) is 0 Å². The summed E-state index contributed by atoms with van der Waals surface area (Å²) in [6.45, 7) is 4.84. The first kappa shape index (κ1) is 10.1. The van der Waals surface area contributed by atoms with Crippen molar-refractivity contribution >= 4 is 11.6 Å². The van der Waals surface area contributed by atoms with Gasteiger partial charge in [0.2, 0.25) is 0 Å². The third-order valence-electron chi connectivity index (χ3n) is 1.44. The lowest BCUT2D eigenvalue weighted by Crippen LogP contribution is -2.16. The highest BCUT2D eigenvalue weighted by atomic mass is 16.1. The van der Waals surface area contributed by atoms with E-state index >= 15 is 0 Å². The first-order valence-corrected chi connectivity index (χ1v) is 3.77. The largest absolute Gasteiger partial charge is 0.299 e. The fourth-order valence-corrected chi connectivity index (χ4v) is 0.829. The Balaban J connectivity index is 4.23. The lowest BCUT2D eigenvalue weighted by atomic mass is 10.0. The molecule has 0 saturated carbocycles. The predicted octanol–water partition coefficient (Wildman–Crippen LogP) is 1.75. The van der Waals surface area contributed by atoms with Gasteiger partial charge < -0.3 is 0 Å². The summed E-state index contributed by atoms with van der Waals surface area (Å²) in [4.78, 5) is 21.6. The van der Waals surface area contributed by atoms with Crippen LogP contribution in [-0.4, -0.2) is 11.6 Å². The number of hydrogen-bond donors (Lipinski definition) is 0. The summed E-state index contributed by atoms with van der Waals surface area (Å²) < 4.78 is 0. The van der Waals surface area contributed by atoms with E-state index in [-0.39, 0.29) is 11.6 Å². The Morgan fingerprint density at radius 3 is 2.00 bits per heavy atom. The molecule has 0 atom stereocenters. The van der Waals surface area contributed by atoms with Crippen LogP contribution in [0.3, 0.4) is 0 Å². The van der Waals surface area contributed by atoms with E-state index in [0.717, 1.165) is 6.42 Å². The van der Waals surface area contributed by atoms with Crippen molar-refractivity contribution < 1.29 is 9.59 Å². The van der Waals surface area contributed by atoms with E-state index in [1.165, 1.54) is 13.8 Å². The molecule has 2 nitrogen and oxygen atoms in total. The zero-order valence-electron chi connectivity index (χ0n) is 7.26. The van der Waals surface area contributed by atoms with Gasteiger partial charge in [0, 0.05) is 0 Å². The molecule has 0 unspecified atom stereocenters. The summed E-state index contributed by atoms with van der Waals surface area (Å²) in [7, 11) is 0. The lowest BCUT2D eigenvalue weighted by molar-refractivity contribution is -0.128. The van der Waals surface area contributed by atoms with Crippen LogP contribution >= 0.6 is 0 Å². The molecule has 0 radical (unpaired) electrons. The van der Waals surface area contributed by atoms with Crippen molar-refractivity contribution in [3.05, 3.63) is 12.2 Å². The predicted molar refractivity (Wildman–Crippen MR) is 44.3 cm³/mol. The zero-order valence-corrected chi connectivity index (χ0v) is 7.26. The average molecular weight is 154 g/mol. The van der Waals surface area contributed by atoms with Crippen molar-refractivity contribution in [3.8, 4) is 0 Å². The molecule has 0 heterocycles. The van der Waals surface area contributed by atoms with Crippen molar-refractivity contribution in [2.24, 2.45) is 5.92 Å². The van der Waals surface area contributed by atoms with Gasteiger partial charge in [-0.2, -0.15) is 0 Å². The molecule has 11 heavy (non-hydrogen) atoms. The topological polar surface area (TPSA) is 34.1 Å². The zero-order chi connectivity index (χ0) is 8.85. The molecule has 0 fully saturated rings. The Morgan fingerprint density at radius 2 is 1.73 bits per heavy atom. The van der Waals surface area contributed by atoms with Gasteiger partial charge in [0.1, 0.15) is 11.6 Å². The molecule has 0 aliphatic carbocycles. The van der Waals surface area contributed by atoms with Crippen molar-refractivity contribution in [2.75, 3.05) is 0 Å². The van der Waals surface area contributed by atoms with Gasteiger partial charge in [0.15, 0.2) is 0 Å². The van der Waals surface area contributed by atoms with E-state index < -0.39 is 5.92 Å². The third kappa shape index (κ3) is 3.71. The molecule has 0 spiro atoms. The van der Waals surface area contributed by atoms with E-state index in [2.05, 4.69) is 0 Å². The standard InChI is InChI=1S/C9H14O2/c1-4-5-6-9(7(2)10)8(3)11/h5-6,9H,4H2,1-3H3. The number of hydrogen-bond acceptors (Lipinski definition) is 2. The summed E-state index contributed by atoms with van der Waals surface area (Å²) >= 11 is 0. The minimum Gasteiger partial charge on any atom is -0.299 e. The number of carbonyl (C=O) groups is 2. The summed E-state index contributed by atoms with van der Waals surface area (Å²) in [5.74, 6) is -0.681. The molecule has 62 valence electrons. The van der Waals surface area contributed by atoms with E-state index in [0.29, 0.717) is 0 Å². The Kier molecular flexibility index (Phi) is 4.42. The van der Waals surface area contributed by atoms with E-state index in [1.54, 1.807) is 6.08 Å². The van der Waals surface area contributed by atoms with Gasteiger partial charge in [-0.3, -0.25) is 9.59 Å². The smallest absolute Gasteiger partial charge is 0.144 e. The third-order valence-corrected chi connectivity index (χ3v) is 1.44. The summed E-state index contributed by atoms with van der Waals surface area (Å²) in [5, 5.41) is 0. The second-order valence-electron chi connectivity index (χ2n) is 2.54. The summed E-state index contributed by atoms with van der Waals surface area (Å²) in [6.07, 6.45) is 4.37. The molecular formula is C9H14O2. The monoisotopic (exact) mass is 154 g/mol. The van der Waals surface area contributed by atoms with Crippen LogP contribution in [0.25, 0.3) is 0 Å². The molecule has 0 amide bonds. The van der Waals surface area contributed by atoms with Gasteiger partial charge in [-0.15, -0.1) is 0 Å². The second-order valence-corrected chi connectivity index (χ2v) is 2.54. The first-order chi connectivity index (χ1) is 5.09. The van der Waals surface area contributed by atoms with Crippen LogP contribution in [0, 0.1) is 5.92 Å². The van der Waals surface area contributed by atoms with Gasteiger partial charge >= 0.3 is 0 Å². The van der Waals surface area contributed by atoms with E-state index in [9.17, 15) is 9.59 Å². The van der Waals surface area contributed by atoms with Crippen molar-refractivity contribution in [3.63, 3.8) is 0 Å². The minimum absolute atomic E-state index is 0.0813. The minimum atomic E-state index is -0.519. The van der Waals surface area contributed by atoms with Gasteiger partial charge in [0.05, 0.1) is 5.92 Å². The van der Waals surface area contributed by atoms with Crippen molar-refractivity contribution in [1.82, 2.24) is 0 Å². The highest BCUT2D eigenvalue weighted by molar-refractivity contribution is 6.02. The van der Waals surface area contributed by atoms with Gasteiger partial charge in [-0.25, -0.2) is 0 Å². The van der Waals surface area contributed by atoms with E-state index in [1.807, 2.05) is 13.0 Å². The maximum absolute atomic E-state index is 10.8. The van der Waals surface area contributed by atoms with Gasteiger partial charge in [-0.05, 0) is 20.3 Å². The highest BCUT2D eigenvalue weighted by Gasteiger charge is 2.14. The fourth-order valence-electron chi connectivity index (χ4n) is 0.829. The maximum Gasteiger partial charge on any atom is 0.144 e. The first-order valence-electron chi connectivity index (χ1n) is 3.77. The number of allylic oxidation sites excluding steroid dienone is 2. The fraction of sp³-hybridized carbons (Fsp3) is 0.556. The Hall–Kier alpha value is -0.920. The summed E-state index contributed by atoms with van der Waals surface area (Å²) in [5.41, 5.74) is 0. The quantitative estimate of drug-likeness (QED) is 0.456. The van der Waals surface area contributed by atoms with Gasteiger partial charge in [0.25, 0.3) is 0 Å². The lowest BCUT2D eigenvalue weighted by Gasteiger charge is -2.01. The molecule has 0 bridgehead atoms. The normalized spacial score (nSPS) is 10.9. The number of carbonyl (C=O) groups excluding carboxylic acids is 2. The van der Waals surface area contributed by atoms with Crippen LogP contribution in [0.15, 0.2) is 12.2 Å². The SMILES string of the molecule is CCC=CC(C(C)=O)C(C)=O. The average Bonchev–Trinajstić information content (AvgIpc) is 1.87. The molecule has 0 saturated heterocycles. The molecule has 0 rings (SSSR count). The highest BCUT2D eigenvalue weighted by Crippen LogP contribution is 2.02. The van der Waals surface area contributed by atoms with Gasteiger partial charge in [-0.1, -0.05) is 19.1 Å². The molecule has 0 aliphatic heterocycles. The number of ketones is 2. The van der Waals surface area contributed by atoms with Crippen molar-refractivity contribution in [2.45, 2.75) is 27.2 Å². The molecule has 0 aromatic rings. The Morgan fingerprint density at radius 1 is 1.27 bits per heavy atom. The molecule has 0 aliphatic rings. The van der Waals surface area contributed by atoms with Crippen LogP contribution in [0.5, 0.6) is 0 Å². The Bertz CT molecular complexity index is 166. The Labute approximate surface area is 67.3 Å². The van der Waals surface area contributed by atoms with Crippen LogP contribution in [0.4, 0.5) is 0 Å². The molecule has 0 N–H and O–H groups in total. The number of Topliss-reactive ketones (excluding diaryl/α,β-unsaturated/α-hetero) is 2. The number of rotatable bonds is 4. The molecule has 2 heteroatoms. The molecule has 0 aromatic carbocycles. The summed E-state index contributed by atoms with van der Waals surface area (Å²) in [6, 6.07) is 0. The van der Waals surface area contributed by atoms with Crippen LogP contribution in [-0.2, 0) is 9.59 Å². The molecule has 0 aromatic heterocycles.